The van der Waals surface area contributed by atoms with Gasteiger partial charge in [-0.1, -0.05) is 23.7 Å². The highest BCUT2D eigenvalue weighted by Gasteiger charge is 2.54. The number of hydrogen-bond donors (Lipinski definition) is 1. The van der Waals surface area contributed by atoms with E-state index in [1.807, 2.05) is 12.1 Å². The lowest BCUT2D eigenvalue weighted by atomic mass is 10.1. The summed E-state index contributed by atoms with van der Waals surface area (Å²) in [7, 11) is -3.06. The Balaban J connectivity index is 2.29. The van der Waals surface area contributed by atoms with Crippen molar-refractivity contribution in [2.24, 2.45) is 5.73 Å². The summed E-state index contributed by atoms with van der Waals surface area (Å²) in [6, 6.07) is 6.91. The lowest BCUT2D eigenvalue weighted by molar-refractivity contribution is 0.599. The van der Waals surface area contributed by atoms with Crippen molar-refractivity contribution in [2.45, 2.75) is 17.2 Å². The van der Waals surface area contributed by atoms with Crippen molar-refractivity contribution in [2.75, 3.05) is 6.26 Å². The van der Waals surface area contributed by atoms with E-state index < -0.39 is 15.1 Å². The van der Waals surface area contributed by atoms with Crippen LogP contribution in [-0.4, -0.2) is 26.0 Å². The Labute approximate surface area is 94.2 Å². The zero-order chi connectivity index (χ0) is 11.2. The number of hydrogen-bond acceptors (Lipinski definition) is 3. The average molecular weight is 246 g/mol. The van der Waals surface area contributed by atoms with Crippen molar-refractivity contribution in [1.82, 2.24) is 0 Å². The molecule has 1 aromatic carbocycles. The first-order chi connectivity index (χ1) is 6.91. The summed E-state index contributed by atoms with van der Waals surface area (Å²) in [6.45, 7) is 0. The van der Waals surface area contributed by atoms with Crippen molar-refractivity contribution >= 4 is 21.4 Å². The van der Waals surface area contributed by atoms with E-state index in [1.54, 1.807) is 12.1 Å². The zero-order valence-electron chi connectivity index (χ0n) is 8.22. The third-order valence-electron chi connectivity index (χ3n) is 2.74. The van der Waals surface area contributed by atoms with Gasteiger partial charge in [-0.05, 0) is 17.7 Å². The van der Waals surface area contributed by atoms with E-state index in [1.165, 1.54) is 6.26 Å². The van der Waals surface area contributed by atoms with Gasteiger partial charge in [0.2, 0.25) is 0 Å². The fourth-order valence-corrected chi connectivity index (χ4v) is 3.70. The third kappa shape index (κ3) is 2.02. The van der Waals surface area contributed by atoms with E-state index in [4.69, 9.17) is 17.3 Å². The van der Waals surface area contributed by atoms with Gasteiger partial charge < -0.3 is 5.73 Å². The highest BCUT2D eigenvalue weighted by atomic mass is 35.5. The molecule has 15 heavy (non-hydrogen) atoms. The second-order valence-electron chi connectivity index (χ2n) is 3.95. The van der Waals surface area contributed by atoms with Crippen LogP contribution in [0, 0.1) is 0 Å². The molecule has 0 aliphatic heterocycles. The topological polar surface area (TPSA) is 60.2 Å². The molecule has 1 aromatic rings. The molecular formula is C10H12ClNO2S. The molecule has 0 unspecified atom stereocenters. The first kappa shape index (κ1) is 10.9. The predicted molar refractivity (Wildman–Crippen MR) is 60.8 cm³/mol. The van der Waals surface area contributed by atoms with Crippen LogP contribution >= 0.6 is 11.6 Å². The van der Waals surface area contributed by atoms with Gasteiger partial charge in [0.05, 0.1) is 5.25 Å². The van der Waals surface area contributed by atoms with E-state index in [-0.39, 0.29) is 12.0 Å². The molecule has 3 atom stereocenters. The summed E-state index contributed by atoms with van der Waals surface area (Å²) >= 11 is 5.84. The molecular weight excluding hydrogens is 234 g/mol. The van der Waals surface area contributed by atoms with E-state index in [0.717, 1.165) is 5.56 Å². The summed E-state index contributed by atoms with van der Waals surface area (Å²) < 4.78 is 22.7. The Morgan fingerprint density at radius 1 is 1.40 bits per heavy atom. The number of nitrogens with two attached hydrogens (primary N) is 1. The maximum Gasteiger partial charge on any atom is 0.152 e. The fraction of sp³-hybridized carbons (Fsp3) is 0.400. The van der Waals surface area contributed by atoms with Gasteiger partial charge in [-0.2, -0.15) is 0 Å². The molecule has 2 N–H and O–H groups in total. The molecule has 1 saturated carbocycles. The number of benzene rings is 1. The standard InChI is InChI=1S/C10H12ClNO2S/c1-15(13,14)10-8(9(10)12)6-3-2-4-7(11)5-6/h2-5,8-10H,12H2,1H3/t8-,9-,10-/m0/s1. The van der Waals surface area contributed by atoms with Crippen molar-refractivity contribution in [3.63, 3.8) is 0 Å². The highest BCUT2D eigenvalue weighted by molar-refractivity contribution is 7.91. The Kier molecular flexibility index (Phi) is 2.53. The summed E-state index contributed by atoms with van der Waals surface area (Å²) in [5.74, 6) is -0.0984. The second-order valence-corrected chi connectivity index (χ2v) is 6.59. The molecule has 0 bridgehead atoms. The van der Waals surface area contributed by atoms with E-state index in [2.05, 4.69) is 0 Å². The average Bonchev–Trinajstić information content (AvgIpc) is 2.76. The zero-order valence-corrected chi connectivity index (χ0v) is 9.79. The monoisotopic (exact) mass is 245 g/mol. The van der Waals surface area contributed by atoms with E-state index in [0.29, 0.717) is 5.02 Å². The van der Waals surface area contributed by atoms with Crippen LogP contribution in [0.3, 0.4) is 0 Å². The SMILES string of the molecule is CS(=O)(=O)[C@@H]1[C@@H](N)[C@@H]1c1cccc(Cl)c1. The van der Waals surface area contributed by atoms with Crippen molar-refractivity contribution in [3.8, 4) is 0 Å². The molecule has 1 fully saturated rings. The molecule has 0 amide bonds. The van der Waals surface area contributed by atoms with Gasteiger partial charge in [-0.25, -0.2) is 8.42 Å². The van der Waals surface area contributed by atoms with E-state index in [9.17, 15) is 8.42 Å². The molecule has 1 aliphatic carbocycles. The normalized spacial score (nSPS) is 30.2. The Hall–Kier alpha value is -0.580. The Morgan fingerprint density at radius 2 is 2.07 bits per heavy atom. The largest absolute Gasteiger partial charge is 0.326 e. The lowest BCUT2D eigenvalue weighted by Crippen LogP contribution is -2.13. The van der Waals surface area contributed by atoms with E-state index >= 15 is 0 Å². The molecule has 0 aromatic heterocycles. The second kappa shape index (κ2) is 3.47. The number of rotatable bonds is 2. The Morgan fingerprint density at radius 3 is 2.53 bits per heavy atom. The maximum absolute atomic E-state index is 11.4. The molecule has 3 nitrogen and oxygen atoms in total. The Bertz CT molecular complexity index is 486. The molecule has 0 spiro atoms. The lowest BCUT2D eigenvalue weighted by Gasteiger charge is -1.99. The summed E-state index contributed by atoms with van der Waals surface area (Å²) in [4.78, 5) is 0. The molecule has 1 aliphatic rings. The molecule has 0 radical (unpaired) electrons. The van der Waals surface area contributed by atoms with Gasteiger partial charge in [0.25, 0.3) is 0 Å². The fourth-order valence-electron chi connectivity index (χ4n) is 1.98. The number of sulfone groups is 1. The van der Waals surface area contributed by atoms with Gasteiger partial charge in [-0.15, -0.1) is 0 Å². The van der Waals surface area contributed by atoms with Crippen LogP contribution in [0.2, 0.25) is 5.02 Å². The van der Waals surface area contributed by atoms with Gasteiger partial charge in [0, 0.05) is 23.2 Å². The molecule has 82 valence electrons. The van der Waals surface area contributed by atoms with Crippen LogP contribution in [0.5, 0.6) is 0 Å². The van der Waals surface area contributed by atoms with Crippen molar-refractivity contribution in [1.29, 1.82) is 0 Å². The van der Waals surface area contributed by atoms with Gasteiger partial charge in [0.1, 0.15) is 0 Å². The van der Waals surface area contributed by atoms with Gasteiger partial charge in [0.15, 0.2) is 9.84 Å². The van der Waals surface area contributed by atoms with Crippen LogP contribution < -0.4 is 5.73 Å². The highest BCUT2D eigenvalue weighted by Crippen LogP contribution is 2.44. The molecule has 0 saturated heterocycles. The van der Waals surface area contributed by atoms with Gasteiger partial charge in [-0.3, -0.25) is 0 Å². The minimum Gasteiger partial charge on any atom is -0.326 e. The van der Waals surface area contributed by atoms with Crippen molar-refractivity contribution < 1.29 is 8.42 Å². The summed E-state index contributed by atoms with van der Waals surface area (Å²) in [5.41, 5.74) is 6.66. The molecule has 0 heterocycles. The van der Waals surface area contributed by atoms with Gasteiger partial charge >= 0.3 is 0 Å². The van der Waals surface area contributed by atoms with Crippen LogP contribution in [0.4, 0.5) is 0 Å². The summed E-state index contributed by atoms with van der Waals surface area (Å²) in [5, 5.41) is 0.162. The summed E-state index contributed by atoms with van der Waals surface area (Å²) in [6.07, 6.45) is 1.22. The molecule has 2 rings (SSSR count). The molecule has 5 heteroatoms. The first-order valence-corrected chi connectivity index (χ1v) is 6.94. The third-order valence-corrected chi connectivity index (χ3v) is 4.57. The number of halogens is 1. The quantitative estimate of drug-likeness (QED) is 0.851. The predicted octanol–water partition coefficient (Wildman–Crippen LogP) is 1.18. The minimum absolute atomic E-state index is 0.0984. The van der Waals surface area contributed by atoms with Crippen LogP contribution in [0.25, 0.3) is 0 Å². The smallest absolute Gasteiger partial charge is 0.152 e. The minimum atomic E-state index is -3.06. The first-order valence-electron chi connectivity index (χ1n) is 4.61. The maximum atomic E-state index is 11.4. The van der Waals surface area contributed by atoms with Crippen LogP contribution in [-0.2, 0) is 9.84 Å². The van der Waals surface area contributed by atoms with Crippen LogP contribution in [0.1, 0.15) is 11.5 Å². The van der Waals surface area contributed by atoms with Crippen LogP contribution in [0.15, 0.2) is 24.3 Å². The van der Waals surface area contributed by atoms with Crippen molar-refractivity contribution in [3.05, 3.63) is 34.9 Å².